The van der Waals surface area contributed by atoms with Gasteiger partial charge in [-0.15, -0.1) is 0 Å². The fraction of sp³-hybridized carbons (Fsp3) is 0.0909. The van der Waals surface area contributed by atoms with E-state index in [4.69, 9.17) is 50.1 Å². The Hall–Kier alpha value is -2.73. The number of amidine groups is 1. The van der Waals surface area contributed by atoms with Crippen LogP contribution in [0, 0.1) is 6.92 Å². The second kappa shape index (κ2) is 9.85. The quantitative estimate of drug-likeness (QED) is 0.210. The van der Waals surface area contributed by atoms with Gasteiger partial charge in [0.1, 0.15) is 12.4 Å². The molecule has 3 aromatic rings. The zero-order valence-electron chi connectivity index (χ0n) is 15.9. The lowest BCUT2D eigenvalue weighted by molar-refractivity contribution is 0.0516. The number of rotatable bonds is 6. The minimum atomic E-state index is -0.660. The summed E-state index contributed by atoms with van der Waals surface area (Å²) >= 11 is 17.9. The highest BCUT2D eigenvalue weighted by atomic mass is 35.5. The van der Waals surface area contributed by atoms with E-state index in [0.29, 0.717) is 31.9 Å². The van der Waals surface area contributed by atoms with Crippen LogP contribution >= 0.6 is 34.8 Å². The zero-order chi connectivity index (χ0) is 21.7. The number of oxime groups is 1. The summed E-state index contributed by atoms with van der Waals surface area (Å²) in [6, 6.07) is 16.9. The Labute approximate surface area is 188 Å². The summed E-state index contributed by atoms with van der Waals surface area (Å²) < 4.78 is 5.81. The second-order valence-electron chi connectivity index (χ2n) is 6.38. The number of hydrogen-bond acceptors (Lipinski definition) is 4. The molecule has 30 heavy (non-hydrogen) atoms. The topological polar surface area (TPSA) is 73.9 Å². The highest BCUT2D eigenvalue weighted by molar-refractivity contribution is 6.36. The van der Waals surface area contributed by atoms with E-state index < -0.39 is 5.97 Å². The summed E-state index contributed by atoms with van der Waals surface area (Å²) in [5.74, 6) is 0.0138. The fourth-order valence-corrected chi connectivity index (χ4v) is 3.35. The number of aryl methyl sites for hydroxylation is 1. The number of hydrogen-bond donors (Lipinski definition) is 1. The average molecular weight is 464 g/mol. The average Bonchev–Trinajstić information content (AvgIpc) is 2.71. The summed E-state index contributed by atoms with van der Waals surface area (Å²) in [5, 5.41) is 5.08. The van der Waals surface area contributed by atoms with Gasteiger partial charge in [0.25, 0.3) is 0 Å². The first-order chi connectivity index (χ1) is 14.3. The van der Waals surface area contributed by atoms with Gasteiger partial charge in [-0.25, -0.2) is 4.79 Å². The van der Waals surface area contributed by atoms with Crippen molar-refractivity contribution in [1.29, 1.82) is 0 Å². The standard InChI is InChI=1S/C22H17Cl3N2O3/c1-13-9-16(23)6-8-20(13)29-12-14-3-2-4-15(10-14)22(28)30-27-21(26)18-7-5-17(24)11-19(18)25/h2-11H,12H2,1H3,(H2,26,27). The number of halogens is 3. The van der Waals surface area contributed by atoms with E-state index in [9.17, 15) is 4.79 Å². The van der Waals surface area contributed by atoms with E-state index in [-0.39, 0.29) is 12.4 Å². The lowest BCUT2D eigenvalue weighted by atomic mass is 10.1. The van der Waals surface area contributed by atoms with Crippen molar-refractivity contribution in [3.05, 3.63) is 98.0 Å². The molecule has 3 aromatic carbocycles. The van der Waals surface area contributed by atoms with Crippen molar-refractivity contribution >= 4 is 46.6 Å². The smallest absolute Gasteiger partial charge is 0.365 e. The molecule has 0 amide bonds. The predicted molar refractivity (Wildman–Crippen MR) is 120 cm³/mol. The number of benzene rings is 3. The van der Waals surface area contributed by atoms with E-state index in [2.05, 4.69) is 5.16 Å². The molecule has 8 heteroatoms. The van der Waals surface area contributed by atoms with Crippen LogP contribution in [0.3, 0.4) is 0 Å². The Balaban J connectivity index is 1.66. The van der Waals surface area contributed by atoms with Crippen LogP contribution in [0.4, 0.5) is 0 Å². The summed E-state index contributed by atoms with van der Waals surface area (Å²) in [7, 11) is 0. The molecule has 2 N–H and O–H groups in total. The molecule has 0 saturated heterocycles. The van der Waals surface area contributed by atoms with Gasteiger partial charge in [0.15, 0.2) is 5.84 Å². The van der Waals surface area contributed by atoms with Crippen LogP contribution in [-0.2, 0) is 11.4 Å². The van der Waals surface area contributed by atoms with E-state index in [0.717, 1.165) is 11.1 Å². The maximum Gasteiger partial charge on any atom is 0.365 e. The molecule has 0 unspecified atom stereocenters. The van der Waals surface area contributed by atoms with Crippen LogP contribution in [0.15, 0.2) is 65.8 Å². The molecular formula is C22H17Cl3N2O3. The number of carbonyl (C=O) groups is 1. The van der Waals surface area contributed by atoms with Crippen molar-refractivity contribution in [1.82, 2.24) is 0 Å². The van der Waals surface area contributed by atoms with Crippen LogP contribution in [0.5, 0.6) is 5.75 Å². The predicted octanol–water partition coefficient (Wildman–Crippen LogP) is 6.01. The lowest BCUT2D eigenvalue weighted by Gasteiger charge is -2.10. The van der Waals surface area contributed by atoms with E-state index >= 15 is 0 Å². The minimum Gasteiger partial charge on any atom is -0.489 e. The van der Waals surface area contributed by atoms with Gasteiger partial charge in [-0.1, -0.05) is 52.1 Å². The Kier molecular flexibility index (Phi) is 7.21. The molecule has 0 heterocycles. The van der Waals surface area contributed by atoms with Gasteiger partial charge >= 0.3 is 5.97 Å². The third-order valence-corrected chi connectivity index (χ3v) is 4.91. The SMILES string of the molecule is Cc1cc(Cl)ccc1OCc1cccc(C(=O)O/N=C(\N)c2ccc(Cl)cc2Cl)c1. The van der Waals surface area contributed by atoms with Crippen molar-refractivity contribution < 1.29 is 14.4 Å². The molecule has 0 aliphatic heterocycles. The first-order valence-electron chi connectivity index (χ1n) is 8.81. The minimum absolute atomic E-state index is 0.0391. The summed E-state index contributed by atoms with van der Waals surface area (Å²) in [6.45, 7) is 2.18. The molecule has 0 bridgehead atoms. The number of nitrogens with zero attached hydrogens (tertiary/aromatic N) is 1. The molecule has 0 aromatic heterocycles. The van der Waals surface area contributed by atoms with Gasteiger partial charge in [0.2, 0.25) is 0 Å². The van der Waals surface area contributed by atoms with Crippen LogP contribution < -0.4 is 10.5 Å². The number of ether oxygens (including phenoxy) is 1. The van der Waals surface area contributed by atoms with Gasteiger partial charge in [-0.05, 0) is 66.6 Å². The van der Waals surface area contributed by atoms with Gasteiger partial charge in [0.05, 0.1) is 10.6 Å². The second-order valence-corrected chi connectivity index (χ2v) is 7.66. The largest absolute Gasteiger partial charge is 0.489 e. The Morgan fingerprint density at radius 1 is 1.00 bits per heavy atom. The van der Waals surface area contributed by atoms with Gasteiger partial charge in [0, 0.05) is 15.6 Å². The van der Waals surface area contributed by atoms with Crippen molar-refractivity contribution in [2.75, 3.05) is 0 Å². The Morgan fingerprint density at radius 2 is 1.73 bits per heavy atom. The first kappa shape index (κ1) is 22.0. The van der Waals surface area contributed by atoms with Gasteiger partial charge in [-0.3, -0.25) is 0 Å². The molecule has 0 radical (unpaired) electrons. The Bertz CT molecular complexity index is 1120. The summed E-state index contributed by atoms with van der Waals surface area (Å²) in [4.78, 5) is 17.3. The summed E-state index contributed by atoms with van der Waals surface area (Å²) in [5.41, 5.74) is 8.28. The van der Waals surface area contributed by atoms with Crippen molar-refractivity contribution in [2.45, 2.75) is 13.5 Å². The monoisotopic (exact) mass is 462 g/mol. The van der Waals surface area contributed by atoms with Crippen LogP contribution in [0.1, 0.15) is 27.0 Å². The third kappa shape index (κ3) is 5.66. The van der Waals surface area contributed by atoms with Crippen molar-refractivity contribution in [3.63, 3.8) is 0 Å². The molecule has 5 nitrogen and oxygen atoms in total. The zero-order valence-corrected chi connectivity index (χ0v) is 18.1. The fourth-order valence-electron chi connectivity index (χ4n) is 2.61. The molecule has 0 aliphatic carbocycles. The van der Waals surface area contributed by atoms with E-state index in [1.54, 1.807) is 42.5 Å². The van der Waals surface area contributed by atoms with Crippen LogP contribution in [-0.4, -0.2) is 11.8 Å². The highest BCUT2D eigenvalue weighted by Gasteiger charge is 2.11. The molecular weight excluding hydrogens is 447 g/mol. The molecule has 0 aliphatic rings. The maximum atomic E-state index is 12.3. The molecule has 0 atom stereocenters. The van der Waals surface area contributed by atoms with E-state index in [1.165, 1.54) is 6.07 Å². The van der Waals surface area contributed by atoms with Crippen LogP contribution in [0.2, 0.25) is 15.1 Å². The normalized spacial score (nSPS) is 11.3. The van der Waals surface area contributed by atoms with Gasteiger partial charge in [-0.2, -0.15) is 0 Å². The molecule has 0 fully saturated rings. The molecule has 3 rings (SSSR count). The van der Waals surface area contributed by atoms with Crippen LogP contribution in [0.25, 0.3) is 0 Å². The third-order valence-electron chi connectivity index (χ3n) is 4.13. The lowest BCUT2D eigenvalue weighted by Crippen LogP contribution is -2.16. The molecule has 0 saturated carbocycles. The maximum absolute atomic E-state index is 12.3. The number of carbonyl (C=O) groups excluding carboxylic acids is 1. The summed E-state index contributed by atoms with van der Waals surface area (Å²) in [6.07, 6.45) is 0. The molecule has 0 spiro atoms. The van der Waals surface area contributed by atoms with Gasteiger partial charge < -0.3 is 15.3 Å². The first-order valence-corrected chi connectivity index (χ1v) is 9.95. The molecule has 154 valence electrons. The number of nitrogens with two attached hydrogens (primary N) is 1. The highest BCUT2D eigenvalue weighted by Crippen LogP contribution is 2.23. The van der Waals surface area contributed by atoms with Crippen molar-refractivity contribution in [3.8, 4) is 5.75 Å². The van der Waals surface area contributed by atoms with E-state index in [1.807, 2.05) is 19.1 Å². The van der Waals surface area contributed by atoms with Crippen molar-refractivity contribution in [2.24, 2.45) is 10.9 Å². The Morgan fingerprint density at radius 3 is 2.47 bits per heavy atom.